The van der Waals surface area contributed by atoms with Crippen molar-refractivity contribution in [1.82, 2.24) is 24.3 Å². The van der Waals surface area contributed by atoms with Gasteiger partial charge in [-0.25, -0.2) is 22.6 Å². The van der Waals surface area contributed by atoms with Crippen LogP contribution in [0.4, 0.5) is 5.13 Å². The van der Waals surface area contributed by atoms with E-state index in [1.54, 1.807) is 16.9 Å². The van der Waals surface area contributed by atoms with Gasteiger partial charge in [0.25, 0.3) is 0 Å². The molecule has 10 heteroatoms. The van der Waals surface area contributed by atoms with Crippen molar-refractivity contribution in [2.24, 2.45) is 0 Å². The molecule has 3 aromatic heterocycles. The Hall–Kier alpha value is -2.04. The topological polar surface area (TPSA) is 101 Å². The molecular formula is C12H14N6O2S2. The van der Waals surface area contributed by atoms with Gasteiger partial charge in [-0.05, 0) is 19.2 Å². The molecule has 0 aliphatic rings. The number of hydrogen-bond donors (Lipinski definition) is 2. The van der Waals surface area contributed by atoms with Gasteiger partial charge in [0.05, 0.1) is 17.6 Å². The zero-order valence-electron chi connectivity index (χ0n) is 11.7. The van der Waals surface area contributed by atoms with E-state index < -0.39 is 10.0 Å². The SMILES string of the molecule is CNS(=O)(=O)CCNc1nn2cc(-c3cccnc3)nc2s1. The zero-order chi connectivity index (χ0) is 15.6. The van der Waals surface area contributed by atoms with Crippen molar-refractivity contribution in [1.29, 1.82) is 0 Å². The van der Waals surface area contributed by atoms with E-state index >= 15 is 0 Å². The lowest BCUT2D eigenvalue weighted by atomic mass is 10.2. The maximum absolute atomic E-state index is 11.3. The normalized spacial score (nSPS) is 11.9. The van der Waals surface area contributed by atoms with Gasteiger partial charge in [0, 0.05) is 24.5 Å². The first-order valence-electron chi connectivity index (χ1n) is 6.49. The van der Waals surface area contributed by atoms with E-state index in [0.29, 0.717) is 5.13 Å². The summed E-state index contributed by atoms with van der Waals surface area (Å²) >= 11 is 1.36. The summed E-state index contributed by atoms with van der Waals surface area (Å²) in [4.78, 5) is 9.28. The smallest absolute Gasteiger partial charge is 0.214 e. The van der Waals surface area contributed by atoms with E-state index in [4.69, 9.17) is 0 Å². The highest BCUT2D eigenvalue weighted by molar-refractivity contribution is 7.89. The number of nitrogens with zero attached hydrogens (tertiary/aromatic N) is 4. The van der Waals surface area contributed by atoms with Crippen molar-refractivity contribution >= 4 is 31.5 Å². The molecule has 0 aliphatic carbocycles. The molecule has 3 aromatic rings. The fourth-order valence-corrected chi connectivity index (χ4v) is 3.20. The molecule has 116 valence electrons. The largest absolute Gasteiger partial charge is 0.359 e. The van der Waals surface area contributed by atoms with Crippen LogP contribution in [-0.4, -0.2) is 47.3 Å². The molecule has 0 saturated heterocycles. The number of hydrogen-bond acceptors (Lipinski definition) is 7. The summed E-state index contributed by atoms with van der Waals surface area (Å²) in [7, 11) is -1.82. The first kappa shape index (κ1) is 14.9. The number of pyridine rings is 1. The third-order valence-corrected chi connectivity index (χ3v) is 5.20. The standard InChI is InChI=1S/C12H14N6O2S2/c1-13-22(19,20)6-5-15-11-17-18-8-10(16-12(18)21-11)9-3-2-4-14-7-9/h2-4,7-8,13H,5-6H2,1H3,(H,15,17). The maximum Gasteiger partial charge on any atom is 0.214 e. The molecule has 0 spiro atoms. The van der Waals surface area contributed by atoms with Gasteiger partial charge in [0.15, 0.2) is 0 Å². The van der Waals surface area contributed by atoms with Crippen LogP contribution >= 0.6 is 11.3 Å². The highest BCUT2D eigenvalue weighted by atomic mass is 32.2. The lowest BCUT2D eigenvalue weighted by Crippen LogP contribution is -2.26. The number of aromatic nitrogens is 4. The number of fused-ring (bicyclic) bond motifs is 1. The van der Waals surface area contributed by atoms with Crippen molar-refractivity contribution in [3.8, 4) is 11.3 Å². The summed E-state index contributed by atoms with van der Waals surface area (Å²) in [6.45, 7) is 0.287. The van der Waals surface area contributed by atoms with Gasteiger partial charge in [0.2, 0.25) is 20.1 Å². The summed E-state index contributed by atoms with van der Waals surface area (Å²) in [6.07, 6.45) is 5.27. The van der Waals surface area contributed by atoms with E-state index in [1.165, 1.54) is 18.4 Å². The van der Waals surface area contributed by atoms with Gasteiger partial charge in [-0.2, -0.15) is 0 Å². The Kier molecular flexibility index (Phi) is 4.05. The van der Waals surface area contributed by atoms with Gasteiger partial charge < -0.3 is 5.32 Å². The zero-order valence-corrected chi connectivity index (χ0v) is 13.4. The Balaban J connectivity index is 1.71. The van der Waals surface area contributed by atoms with Crippen LogP contribution < -0.4 is 10.0 Å². The Bertz CT molecular complexity index is 840. The molecule has 2 N–H and O–H groups in total. The van der Waals surface area contributed by atoms with Gasteiger partial charge in [-0.1, -0.05) is 11.3 Å². The Morgan fingerprint density at radius 3 is 2.95 bits per heavy atom. The van der Waals surface area contributed by atoms with Crippen LogP contribution in [0.2, 0.25) is 0 Å². The molecule has 0 fully saturated rings. The molecule has 0 unspecified atom stereocenters. The summed E-state index contributed by atoms with van der Waals surface area (Å²) in [5.41, 5.74) is 1.73. The van der Waals surface area contributed by atoms with E-state index in [9.17, 15) is 8.42 Å². The second-order valence-corrected chi connectivity index (χ2v) is 7.45. The van der Waals surface area contributed by atoms with Crippen molar-refractivity contribution in [2.75, 3.05) is 24.7 Å². The van der Waals surface area contributed by atoms with Crippen molar-refractivity contribution in [2.45, 2.75) is 0 Å². The van der Waals surface area contributed by atoms with Crippen molar-refractivity contribution in [3.63, 3.8) is 0 Å². The van der Waals surface area contributed by atoms with Gasteiger partial charge in [-0.3, -0.25) is 4.98 Å². The lowest BCUT2D eigenvalue weighted by molar-refractivity contribution is 0.588. The Morgan fingerprint density at radius 1 is 1.41 bits per heavy atom. The van der Waals surface area contributed by atoms with Crippen LogP contribution in [0, 0.1) is 0 Å². The monoisotopic (exact) mass is 338 g/mol. The van der Waals surface area contributed by atoms with Crippen LogP contribution in [-0.2, 0) is 10.0 Å². The summed E-state index contributed by atoms with van der Waals surface area (Å²) < 4.78 is 26.6. The molecule has 0 bridgehead atoms. The first-order chi connectivity index (χ1) is 10.6. The molecular weight excluding hydrogens is 324 g/mol. The maximum atomic E-state index is 11.3. The molecule has 0 aliphatic heterocycles. The summed E-state index contributed by atoms with van der Waals surface area (Å²) in [5.74, 6) is -0.00761. The van der Waals surface area contributed by atoms with Crippen LogP contribution in [0.1, 0.15) is 0 Å². The second-order valence-electron chi connectivity index (χ2n) is 4.45. The molecule has 0 saturated carbocycles. The molecule has 3 heterocycles. The van der Waals surface area contributed by atoms with Gasteiger partial charge in [-0.15, -0.1) is 5.10 Å². The molecule has 22 heavy (non-hydrogen) atoms. The van der Waals surface area contributed by atoms with Gasteiger partial charge in [0.1, 0.15) is 0 Å². The fourth-order valence-electron chi connectivity index (χ4n) is 1.82. The Morgan fingerprint density at radius 2 is 2.27 bits per heavy atom. The average molecular weight is 338 g/mol. The average Bonchev–Trinajstić information content (AvgIpc) is 3.06. The quantitative estimate of drug-likeness (QED) is 0.690. The minimum absolute atomic E-state index is 0.00761. The summed E-state index contributed by atoms with van der Waals surface area (Å²) in [5, 5.41) is 7.95. The van der Waals surface area contributed by atoms with E-state index in [1.807, 2.05) is 18.3 Å². The molecule has 0 aromatic carbocycles. The fraction of sp³-hybridized carbons (Fsp3) is 0.250. The number of anilines is 1. The molecule has 0 atom stereocenters. The van der Waals surface area contributed by atoms with Crippen LogP contribution in [0.25, 0.3) is 16.2 Å². The predicted molar refractivity (Wildman–Crippen MR) is 85.4 cm³/mol. The van der Waals surface area contributed by atoms with E-state index in [2.05, 4.69) is 25.1 Å². The molecule has 3 rings (SSSR count). The van der Waals surface area contributed by atoms with E-state index in [0.717, 1.165) is 16.2 Å². The second kappa shape index (κ2) is 5.99. The van der Waals surface area contributed by atoms with Crippen LogP contribution in [0.15, 0.2) is 30.7 Å². The van der Waals surface area contributed by atoms with E-state index in [-0.39, 0.29) is 12.3 Å². The third-order valence-electron chi connectivity index (χ3n) is 2.96. The number of nitrogens with one attached hydrogen (secondary N) is 2. The van der Waals surface area contributed by atoms with Crippen LogP contribution in [0.5, 0.6) is 0 Å². The number of imidazole rings is 1. The minimum atomic E-state index is -3.21. The van der Waals surface area contributed by atoms with Crippen LogP contribution in [0.3, 0.4) is 0 Å². The molecule has 8 nitrogen and oxygen atoms in total. The molecule has 0 amide bonds. The predicted octanol–water partition coefficient (Wildman–Crippen LogP) is 0.814. The summed E-state index contributed by atoms with van der Waals surface area (Å²) in [6, 6.07) is 3.78. The van der Waals surface area contributed by atoms with Crippen molar-refractivity contribution < 1.29 is 8.42 Å². The third kappa shape index (κ3) is 3.24. The highest BCUT2D eigenvalue weighted by Crippen LogP contribution is 2.23. The Labute approximate surface area is 131 Å². The van der Waals surface area contributed by atoms with Gasteiger partial charge >= 0.3 is 0 Å². The number of sulfonamides is 1. The first-order valence-corrected chi connectivity index (χ1v) is 8.96. The van der Waals surface area contributed by atoms with Crippen molar-refractivity contribution in [3.05, 3.63) is 30.7 Å². The number of rotatable bonds is 6. The lowest BCUT2D eigenvalue weighted by Gasteiger charge is -2.02. The minimum Gasteiger partial charge on any atom is -0.359 e. The highest BCUT2D eigenvalue weighted by Gasteiger charge is 2.11. The molecule has 0 radical (unpaired) electrons.